The van der Waals surface area contributed by atoms with E-state index in [1.165, 1.54) is 57.8 Å². The molecule has 0 heterocycles. The third-order valence-electron chi connectivity index (χ3n) is 6.77. The summed E-state index contributed by atoms with van der Waals surface area (Å²) in [6, 6.07) is 0. The van der Waals surface area contributed by atoms with Crippen molar-refractivity contribution in [2.75, 3.05) is 0 Å². The zero-order chi connectivity index (χ0) is 15.0. The maximum atomic E-state index is 6.81. The van der Waals surface area contributed by atoms with Crippen molar-refractivity contribution in [3.63, 3.8) is 0 Å². The number of hydrogen-bond acceptors (Lipinski definition) is 1. The van der Waals surface area contributed by atoms with Crippen LogP contribution in [0.25, 0.3) is 0 Å². The topological polar surface area (TPSA) is 9.23 Å². The third-order valence-corrected chi connectivity index (χ3v) is 8.06. The minimum absolute atomic E-state index is 0.487. The van der Waals surface area contributed by atoms with E-state index in [1.807, 2.05) is 0 Å². The van der Waals surface area contributed by atoms with Crippen molar-refractivity contribution in [1.82, 2.24) is 0 Å². The molecule has 1 nitrogen and oxygen atoms in total. The third kappa shape index (κ3) is 3.09. The monoisotopic (exact) mass is 356 g/mol. The molecule has 0 bridgehead atoms. The van der Waals surface area contributed by atoms with E-state index in [9.17, 15) is 0 Å². The quantitative estimate of drug-likeness (QED) is 0.567. The lowest BCUT2D eigenvalue weighted by Gasteiger charge is -2.57. The van der Waals surface area contributed by atoms with Crippen LogP contribution in [0.1, 0.15) is 78.6 Å². The van der Waals surface area contributed by atoms with Gasteiger partial charge in [-0.2, -0.15) is 0 Å². The predicted molar refractivity (Wildman–Crippen MR) is 92.9 cm³/mol. The Morgan fingerprint density at radius 1 is 1.05 bits per heavy atom. The van der Waals surface area contributed by atoms with Gasteiger partial charge in [0.25, 0.3) is 0 Å². The molecule has 3 rings (SSSR count). The van der Waals surface area contributed by atoms with Gasteiger partial charge in [0.1, 0.15) is 0 Å². The van der Waals surface area contributed by atoms with Crippen molar-refractivity contribution in [2.45, 2.75) is 95.6 Å². The molecule has 1 spiro atoms. The smallest absolute Gasteiger partial charge is 0.0656 e. The maximum Gasteiger partial charge on any atom is 0.0656 e. The van der Waals surface area contributed by atoms with Crippen LogP contribution < -0.4 is 0 Å². The molecule has 21 heavy (non-hydrogen) atoms. The molecule has 122 valence electrons. The summed E-state index contributed by atoms with van der Waals surface area (Å²) in [6.45, 7) is 7.19. The summed E-state index contributed by atoms with van der Waals surface area (Å²) < 4.78 is 6.81. The Kier molecular flexibility index (Phi) is 5.06. The standard InChI is InChI=1S/C19H33BrO/c1-13(2)15-8-7-14(3)11-16(15)21-18-12-17(20)19(18)9-5-4-6-10-19/h13-18H,4-12H2,1-3H3. The molecule has 0 amide bonds. The first-order valence-electron chi connectivity index (χ1n) is 9.32. The first-order valence-corrected chi connectivity index (χ1v) is 10.2. The van der Waals surface area contributed by atoms with Crippen LogP contribution in [0, 0.1) is 23.2 Å². The fourth-order valence-electron chi connectivity index (χ4n) is 5.22. The van der Waals surface area contributed by atoms with E-state index in [2.05, 4.69) is 36.7 Å². The number of rotatable bonds is 3. The zero-order valence-electron chi connectivity index (χ0n) is 14.1. The van der Waals surface area contributed by atoms with E-state index in [0.29, 0.717) is 22.5 Å². The molecule has 3 aliphatic rings. The van der Waals surface area contributed by atoms with Gasteiger partial charge in [-0.3, -0.25) is 0 Å². The average molecular weight is 357 g/mol. The Labute approximate surface area is 139 Å². The summed E-state index contributed by atoms with van der Waals surface area (Å²) in [5.41, 5.74) is 0.487. The highest BCUT2D eigenvalue weighted by atomic mass is 79.9. The molecule has 3 saturated carbocycles. The minimum atomic E-state index is 0.487. The van der Waals surface area contributed by atoms with Crippen molar-refractivity contribution in [3.8, 4) is 0 Å². The molecule has 5 unspecified atom stereocenters. The fourth-order valence-corrected chi connectivity index (χ4v) is 6.31. The van der Waals surface area contributed by atoms with Crippen LogP contribution in [0.15, 0.2) is 0 Å². The Morgan fingerprint density at radius 3 is 2.38 bits per heavy atom. The van der Waals surface area contributed by atoms with E-state index in [-0.39, 0.29) is 0 Å². The minimum Gasteiger partial charge on any atom is -0.374 e. The zero-order valence-corrected chi connectivity index (χ0v) is 15.7. The van der Waals surface area contributed by atoms with Gasteiger partial charge in [0, 0.05) is 10.2 Å². The molecule has 0 saturated heterocycles. The van der Waals surface area contributed by atoms with E-state index < -0.39 is 0 Å². The van der Waals surface area contributed by atoms with Gasteiger partial charge >= 0.3 is 0 Å². The summed E-state index contributed by atoms with van der Waals surface area (Å²) in [4.78, 5) is 0.716. The lowest BCUT2D eigenvalue weighted by molar-refractivity contribution is -0.176. The SMILES string of the molecule is CC1CCC(C(C)C)C(OC2CC(Br)C23CCCCC3)C1. The maximum absolute atomic E-state index is 6.81. The predicted octanol–water partition coefficient (Wildman–Crippen LogP) is 5.95. The first-order chi connectivity index (χ1) is 10.0. The fraction of sp³-hybridized carbons (Fsp3) is 1.00. The van der Waals surface area contributed by atoms with E-state index >= 15 is 0 Å². The summed E-state index contributed by atoms with van der Waals surface area (Å²) in [7, 11) is 0. The summed E-state index contributed by atoms with van der Waals surface area (Å²) in [5, 5.41) is 0. The summed E-state index contributed by atoms with van der Waals surface area (Å²) in [6.07, 6.45) is 13.4. The summed E-state index contributed by atoms with van der Waals surface area (Å²) in [5.74, 6) is 2.41. The molecule has 0 radical (unpaired) electrons. The van der Waals surface area contributed by atoms with Crippen LogP contribution in [0.4, 0.5) is 0 Å². The normalized spacial score (nSPS) is 43.0. The molecular weight excluding hydrogens is 324 g/mol. The van der Waals surface area contributed by atoms with E-state index in [4.69, 9.17) is 4.74 Å². The van der Waals surface area contributed by atoms with Gasteiger partial charge in [-0.05, 0) is 49.9 Å². The Balaban J connectivity index is 1.66. The Bertz CT molecular complexity index is 347. The van der Waals surface area contributed by atoms with Crippen LogP contribution in [0.2, 0.25) is 0 Å². The van der Waals surface area contributed by atoms with Gasteiger partial charge in [-0.25, -0.2) is 0 Å². The molecule has 0 N–H and O–H groups in total. The molecule has 0 aromatic carbocycles. The van der Waals surface area contributed by atoms with Crippen LogP contribution >= 0.6 is 15.9 Å². The van der Waals surface area contributed by atoms with Crippen molar-refractivity contribution >= 4 is 15.9 Å². The van der Waals surface area contributed by atoms with E-state index in [1.54, 1.807) is 0 Å². The van der Waals surface area contributed by atoms with Crippen LogP contribution in [-0.2, 0) is 4.74 Å². The second-order valence-corrected chi connectivity index (χ2v) is 9.59. The van der Waals surface area contributed by atoms with Crippen LogP contribution in [0.5, 0.6) is 0 Å². The summed E-state index contributed by atoms with van der Waals surface area (Å²) >= 11 is 3.96. The van der Waals surface area contributed by atoms with Crippen molar-refractivity contribution in [2.24, 2.45) is 23.2 Å². The highest BCUT2D eigenvalue weighted by Gasteiger charge is 2.55. The van der Waals surface area contributed by atoms with Crippen LogP contribution in [-0.4, -0.2) is 17.0 Å². The number of halogens is 1. The molecule has 5 atom stereocenters. The van der Waals surface area contributed by atoms with Gasteiger partial charge in [-0.15, -0.1) is 0 Å². The molecule has 0 aliphatic heterocycles. The molecule has 3 aliphatic carbocycles. The van der Waals surface area contributed by atoms with Gasteiger partial charge in [0.2, 0.25) is 0 Å². The number of hydrogen-bond donors (Lipinski definition) is 0. The highest BCUT2D eigenvalue weighted by molar-refractivity contribution is 9.09. The van der Waals surface area contributed by atoms with Crippen molar-refractivity contribution in [1.29, 1.82) is 0 Å². The average Bonchev–Trinajstić information content (AvgIpc) is 2.47. The van der Waals surface area contributed by atoms with Gasteiger partial charge in [0.15, 0.2) is 0 Å². The van der Waals surface area contributed by atoms with Crippen molar-refractivity contribution in [3.05, 3.63) is 0 Å². The van der Waals surface area contributed by atoms with Gasteiger partial charge < -0.3 is 4.74 Å². The second kappa shape index (κ2) is 6.51. The van der Waals surface area contributed by atoms with E-state index in [0.717, 1.165) is 17.8 Å². The van der Waals surface area contributed by atoms with Crippen LogP contribution in [0.3, 0.4) is 0 Å². The van der Waals surface area contributed by atoms with Gasteiger partial charge in [-0.1, -0.05) is 62.4 Å². The molecular formula is C19H33BrO. The largest absolute Gasteiger partial charge is 0.374 e. The molecule has 0 aromatic heterocycles. The Hall–Kier alpha value is 0.440. The molecule has 3 fully saturated rings. The highest BCUT2D eigenvalue weighted by Crippen LogP contribution is 2.57. The van der Waals surface area contributed by atoms with Gasteiger partial charge in [0.05, 0.1) is 12.2 Å². The second-order valence-electron chi connectivity index (χ2n) is 8.49. The lowest BCUT2D eigenvalue weighted by Crippen LogP contribution is -2.58. The molecule has 0 aromatic rings. The Morgan fingerprint density at radius 2 is 1.76 bits per heavy atom. The van der Waals surface area contributed by atoms with Crippen molar-refractivity contribution < 1.29 is 4.74 Å². The number of ether oxygens (including phenoxy) is 1. The first kappa shape index (κ1) is 16.3. The molecule has 2 heteroatoms. The lowest BCUT2D eigenvalue weighted by atomic mass is 9.58. The number of alkyl halides is 1.